The minimum atomic E-state index is -1.55. The molecule has 1 saturated heterocycles. The predicted octanol–water partition coefficient (Wildman–Crippen LogP) is 0.947. The molecular formula is C22H22O8. The quantitative estimate of drug-likeness (QED) is 0.465. The third-order valence-corrected chi connectivity index (χ3v) is 5.29. The molecule has 5 unspecified atom stereocenters. The Morgan fingerprint density at radius 3 is 2.43 bits per heavy atom. The fourth-order valence-corrected chi connectivity index (χ4v) is 3.62. The maximum atomic E-state index is 12.2. The van der Waals surface area contributed by atoms with Crippen molar-refractivity contribution >= 4 is 11.0 Å². The highest BCUT2D eigenvalue weighted by molar-refractivity contribution is 5.95. The van der Waals surface area contributed by atoms with Crippen LogP contribution in [-0.4, -0.2) is 57.7 Å². The Morgan fingerprint density at radius 2 is 1.73 bits per heavy atom. The number of fused-ring (bicyclic) bond motifs is 1. The van der Waals surface area contributed by atoms with Gasteiger partial charge in [-0.1, -0.05) is 30.3 Å². The number of hydrogen-bond acceptors (Lipinski definition) is 8. The van der Waals surface area contributed by atoms with E-state index in [0.29, 0.717) is 22.1 Å². The third-order valence-electron chi connectivity index (χ3n) is 5.29. The van der Waals surface area contributed by atoms with Crippen LogP contribution in [0.2, 0.25) is 0 Å². The van der Waals surface area contributed by atoms with E-state index in [1.165, 1.54) is 6.07 Å². The van der Waals surface area contributed by atoms with Crippen molar-refractivity contribution in [3.63, 3.8) is 0 Å². The molecule has 0 amide bonds. The normalized spacial score (nSPS) is 26.6. The maximum absolute atomic E-state index is 12.2. The lowest BCUT2D eigenvalue weighted by Crippen LogP contribution is -2.60. The van der Waals surface area contributed by atoms with E-state index >= 15 is 0 Å². The number of rotatable bonds is 4. The predicted molar refractivity (Wildman–Crippen MR) is 107 cm³/mol. The largest absolute Gasteiger partial charge is 0.462 e. The van der Waals surface area contributed by atoms with Crippen LogP contribution in [0.3, 0.4) is 0 Å². The molecule has 0 bridgehead atoms. The van der Waals surface area contributed by atoms with Gasteiger partial charge in [-0.3, -0.25) is 0 Å². The summed E-state index contributed by atoms with van der Waals surface area (Å²) in [5, 5.41) is 40.1. The van der Waals surface area contributed by atoms with Crippen LogP contribution in [0.25, 0.3) is 22.1 Å². The second kappa shape index (κ2) is 8.17. The van der Waals surface area contributed by atoms with E-state index in [9.17, 15) is 25.2 Å². The fraction of sp³-hybridized carbons (Fsp3) is 0.318. The Bertz CT molecular complexity index is 1090. The lowest BCUT2D eigenvalue weighted by atomic mass is 9.99. The molecule has 1 fully saturated rings. The smallest absolute Gasteiger partial charge is 0.336 e. The first-order valence-electron chi connectivity index (χ1n) is 9.50. The van der Waals surface area contributed by atoms with Crippen LogP contribution in [0.15, 0.2) is 57.7 Å². The Morgan fingerprint density at radius 1 is 1.00 bits per heavy atom. The van der Waals surface area contributed by atoms with Gasteiger partial charge in [-0.25, -0.2) is 4.79 Å². The van der Waals surface area contributed by atoms with Crippen molar-refractivity contribution in [3.8, 4) is 16.9 Å². The van der Waals surface area contributed by atoms with Crippen molar-refractivity contribution in [1.29, 1.82) is 0 Å². The van der Waals surface area contributed by atoms with E-state index in [0.717, 1.165) is 5.56 Å². The molecule has 0 spiro atoms. The number of aryl methyl sites for hydroxylation is 1. The van der Waals surface area contributed by atoms with Gasteiger partial charge in [0.05, 0.1) is 6.61 Å². The number of benzene rings is 2. The van der Waals surface area contributed by atoms with Crippen molar-refractivity contribution in [2.45, 2.75) is 37.6 Å². The van der Waals surface area contributed by atoms with Crippen LogP contribution in [0.1, 0.15) is 5.56 Å². The average Bonchev–Trinajstić information content (AvgIpc) is 2.76. The van der Waals surface area contributed by atoms with Gasteiger partial charge in [-0.05, 0) is 30.2 Å². The average molecular weight is 414 g/mol. The van der Waals surface area contributed by atoms with Crippen LogP contribution in [-0.2, 0) is 4.74 Å². The summed E-state index contributed by atoms with van der Waals surface area (Å²) in [5.74, 6) is 0.264. The highest BCUT2D eigenvalue weighted by Gasteiger charge is 2.44. The molecule has 1 aromatic heterocycles. The standard InChI is InChI=1S/C22H22O8/c1-11-15(28-22-20(27)19(26)18(25)16(10-23)29-22)8-7-13-14(9-17(24)30-21(11)13)12-5-3-2-4-6-12/h2-9,16,18-20,22-23,25-27H,10H2,1H3. The molecule has 2 heterocycles. The van der Waals surface area contributed by atoms with Gasteiger partial charge in [0, 0.05) is 17.0 Å². The van der Waals surface area contributed by atoms with Gasteiger partial charge in [0.2, 0.25) is 6.29 Å². The van der Waals surface area contributed by atoms with Gasteiger partial charge in [0.25, 0.3) is 0 Å². The molecule has 0 aliphatic carbocycles. The van der Waals surface area contributed by atoms with E-state index in [1.54, 1.807) is 19.1 Å². The summed E-state index contributed by atoms with van der Waals surface area (Å²) >= 11 is 0. The molecule has 0 saturated carbocycles. The highest BCUT2D eigenvalue weighted by atomic mass is 16.7. The number of aliphatic hydroxyl groups excluding tert-OH is 4. The molecule has 1 aliphatic heterocycles. The van der Waals surface area contributed by atoms with Crippen LogP contribution < -0.4 is 10.4 Å². The van der Waals surface area contributed by atoms with Crippen molar-refractivity contribution in [3.05, 3.63) is 64.5 Å². The van der Waals surface area contributed by atoms with Crippen molar-refractivity contribution < 1.29 is 34.3 Å². The van der Waals surface area contributed by atoms with Gasteiger partial charge >= 0.3 is 5.63 Å². The zero-order valence-corrected chi connectivity index (χ0v) is 16.1. The van der Waals surface area contributed by atoms with Gasteiger partial charge in [-0.15, -0.1) is 0 Å². The summed E-state index contributed by atoms with van der Waals surface area (Å²) < 4.78 is 16.5. The van der Waals surface area contributed by atoms with Gasteiger partial charge < -0.3 is 34.3 Å². The van der Waals surface area contributed by atoms with Crippen LogP contribution in [0, 0.1) is 6.92 Å². The van der Waals surface area contributed by atoms with E-state index in [-0.39, 0.29) is 5.75 Å². The van der Waals surface area contributed by atoms with E-state index in [4.69, 9.17) is 13.9 Å². The van der Waals surface area contributed by atoms with E-state index in [2.05, 4.69) is 0 Å². The first kappa shape index (κ1) is 20.5. The zero-order chi connectivity index (χ0) is 21.4. The summed E-state index contributed by atoms with van der Waals surface area (Å²) in [6.45, 7) is 1.14. The van der Waals surface area contributed by atoms with Crippen molar-refractivity contribution in [2.75, 3.05) is 6.61 Å². The summed E-state index contributed by atoms with van der Waals surface area (Å²) in [6, 6.07) is 14.2. The highest BCUT2D eigenvalue weighted by Crippen LogP contribution is 2.34. The Balaban J connectivity index is 1.73. The molecule has 158 valence electrons. The molecule has 3 aromatic rings. The Kier molecular flexibility index (Phi) is 5.59. The van der Waals surface area contributed by atoms with Gasteiger partial charge in [0.1, 0.15) is 35.7 Å². The van der Waals surface area contributed by atoms with Crippen LogP contribution >= 0.6 is 0 Å². The minimum absolute atomic E-state index is 0.264. The van der Waals surface area contributed by atoms with Gasteiger partial charge in [-0.2, -0.15) is 0 Å². The minimum Gasteiger partial charge on any atom is -0.462 e. The Labute approximate surface area is 171 Å². The third kappa shape index (κ3) is 3.60. The zero-order valence-electron chi connectivity index (χ0n) is 16.1. The van der Waals surface area contributed by atoms with Crippen LogP contribution in [0.4, 0.5) is 0 Å². The van der Waals surface area contributed by atoms with E-state index in [1.807, 2.05) is 30.3 Å². The number of ether oxygens (including phenoxy) is 2. The molecule has 4 rings (SSSR count). The summed E-state index contributed by atoms with van der Waals surface area (Å²) in [4.78, 5) is 12.2. The lowest BCUT2D eigenvalue weighted by molar-refractivity contribution is -0.277. The molecule has 2 aromatic carbocycles. The molecule has 4 N–H and O–H groups in total. The topological polar surface area (TPSA) is 130 Å². The van der Waals surface area contributed by atoms with E-state index < -0.39 is 42.9 Å². The molecule has 30 heavy (non-hydrogen) atoms. The van der Waals surface area contributed by atoms with Crippen molar-refractivity contribution in [1.82, 2.24) is 0 Å². The Hall–Kier alpha value is -2.75. The summed E-state index contributed by atoms with van der Waals surface area (Å²) in [5.41, 5.74) is 1.87. The SMILES string of the molecule is Cc1c(OC2OC(CO)C(O)C(O)C2O)ccc2c(-c3ccccc3)cc(=O)oc12. The molecular weight excluding hydrogens is 392 g/mol. The number of aliphatic hydroxyl groups is 4. The molecule has 5 atom stereocenters. The molecule has 8 heteroatoms. The lowest BCUT2D eigenvalue weighted by Gasteiger charge is -2.39. The number of hydrogen-bond donors (Lipinski definition) is 4. The van der Waals surface area contributed by atoms with Crippen molar-refractivity contribution in [2.24, 2.45) is 0 Å². The fourth-order valence-electron chi connectivity index (χ4n) is 3.62. The second-order valence-electron chi connectivity index (χ2n) is 7.23. The maximum Gasteiger partial charge on any atom is 0.336 e. The first-order valence-corrected chi connectivity index (χ1v) is 9.50. The summed E-state index contributed by atoms with van der Waals surface area (Å²) in [7, 11) is 0. The molecule has 8 nitrogen and oxygen atoms in total. The summed E-state index contributed by atoms with van der Waals surface area (Å²) in [6.07, 6.45) is -6.99. The van der Waals surface area contributed by atoms with Gasteiger partial charge in [0.15, 0.2) is 0 Å². The first-order chi connectivity index (χ1) is 14.4. The van der Waals surface area contributed by atoms with Crippen LogP contribution in [0.5, 0.6) is 5.75 Å². The molecule has 0 radical (unpaired) electrons. The molecule has 1 aliphatic rings. The monoisotopic (exact) mass is 414 g/mol. The second-order valence-corrected chi connectivity index (χ2v) is 7.23.